The maximum Gasteiger partial charge on any atom is 0.264 e. The van der Waals surface area contributed by atoms with Crippen LogP contribution in [0.3, 0.4) is 0 Å². The SMILES string of the molecule is Cc1ccc(OCc2nc(C3CCN(C(=O)Cc4cccc(F)c4)C3)no2)cc1. The van der Waals surface area contributed by atoms with Gasteiger partial charge in [-0.2, -0.15) is 4.98 Å². The summed E-state index contributed by atoms with van der Waals surface area (Å²) < 4.78 is 24.3. The summed E-state index contributed by atoms with van der Waals surface area (Å²) in [5, 5.41) is 4.06. The van der Waals surface area contributed by atoms with Crippen molar-refractivity contribution in [3.63, 3.8) is 0 Å². The Morgan fingerprint density at radius 2 is 2.10 bits per heavy atom. The highest BCUT2D eigenvalue weighted by atomic mass is 19.1. The molecule has 29 heavy (non-hydrogen) atoms. The molecule has 7 heteroatoms. The van der Waals surface area contributed by atoms with E-state index in [-0.39, 0.29) is 30.7 Å². The van der Waals surface area contributed by atoms with Crippen LogP contribution in [0.1, 0.15) is 35.2 Å². The van der Waals surface area contributed by atoms with Crippen molar-refractivity contribution in [2.75, 3.05) is 13.1 Å². The molecule has 2 aromatic carbocycles. The number of carbonyl (C=O) groups is 1. The van der Waals surface area contributed by atoms with E-state index < -0.39 is 0 Å². The maximum atomic E-state index is 13.3. The van der Waals surface area contributed by atoms with Gasteiger partial charge in [0.05, 0.1) is 6.42 Å². The zero-order chi connectivity index (χ0) is 20.2. The van der Waals surface area contributed by atoms with Crippen LogP contribution in [-0.2, 0) is 17.8 Å². The first-order valence-electron chi connectivity index (χ1n) is 9.61. The van der Waals surface area contributed by atoms with Crippen LogP contribution in [0.25, 0.3) is 0 Å². The smallest absolute Gasteiger partial charge is 0.264 e. The summed E-state index contributed by atoms with van der Waals surface area (Å²) in [5.41, 5.74) is 1.84. The van der Waals surface area contributed by atoms with Gasteiger partial charge in [-0.1, -0.05) is 35.0 Å². The monoisotopic (exact) mass is 395 g/mol. The van der Waals surface area contributed by atoms with E-state index >= 15 is 0 Å². The van der Waals surface area contributed by atoms with Gasteiger partial charge in [-0.3, -0.25) is 4.79 Å². The quantitative estimate of drug-likeness (QED) is 0.637. The molecule has 0 bridgehead atoms. The highest BCUT2D eigenvalue weighted by Gasteiger charge is 2.30. The van der Waals surface area contributed by atoms with E-state index in [2.05, 4.69) is 10.1 Å². The molecule has 1 aliphatic rings. The molecule has 1 aliphatic heterocycles. The molecule has 4 rings (SSSR count). The third kappa shape index (κ3) is 4.80. The molecule has 0 radical (unpaired) electrons. The van der Waals surface area contributed by atoms with Crippen LogP contribution < -0.4 is 4.74 Å². The lowest BCUT2D eigenvalue weighted by Crippen LogP contribution is -2.30. The molecule has 1 aromatic heterocycles. The summed E-state index contributed by atoms with van der Waals surface area (Å²) >= 11 is 0. The van der Waals surface area contributed by atoms with Crippen molar-refractivity contribution in [1.82, 2.24) is 15.0 Å². The Balaban J connectivity index is 1.31. The highest BCUT2D eigenvalue weighted by Crippen LogP contribution is 2.26. The predicted molar refractivity (Wildman–Crippen MR) is 104 cm³/mol. The Morgan fingerprint density at radius 1 is 1.28 bits per heavy atom. The first kappa shape index (κ1) is 19.1. The number of hydrogen-bond donors (Lipinski definition) is 0. The molecule has 150 valence electrons. The van der Waals surface area contributed by atoms with Crippen LogP contribution in [0.2, 0.25) is 0 Å². The standard InChI is InChI=1S/C22H22FN3O3/c1-15-5-7-19(8-6-15)28-14-20-24-22(25-29-20)17-9-10-26(13-17)21(27)12-16-3-2-4-18(23)11-16/h2-8,11,17H,9-10,12-14H2,1H3. The van der Waals surface area contributed by atoms with Gasteiger partial charge in [-0.15, -0.1) is 0 Å². The number of benzene rings is 2. The zero-order valence-electron chi connectivity index (χ0n) is 16.2. The van der Waals surface area contributed by atoms with E-state index in [1.165, 1.54) is 12.1 Å². The summed E-state index contributed by atoms with van der Waals surface area (Å²) in [4.78, 5) is 18.7. The minimum absolute atomic E-state index is 0.0236. The van der Waals surface area contributed by atoms with E-state index in [1.807, 2.05) is 31.2 Å². The second kappa shape index (κ2) is 8.43. The van der Waals surface area contributed by atoms with Gasteiger partial charge in [0.2, 0.25) is 5.91 Å². The Morgan fingerprint density at radius 3 is 2.90 bits per heavy atom. The molecule has 1 saturated heterocycles. The predicted octanol–water partition coefficient (Wildman–Crippen LogP) is 3.65. The number of amides is 1. The number of aryl methyl sites for hydroxylation is 1. The van der Waals surface area contributed by atoms with Gasteiger partial charge >= 0.3 is 0 Å². The average molecular weight is 395 g/mol. The van der Waals surface area contributed by atoms with Gasteiger partial charge in [-0.25, -0.2) is 4.39 Å². The minimum Gasteiger partial charge on any atom is -0.484 e. The number of carbonyl (C=O) groups excluding carboxylic acids is 1. The van der Waals surface area contributed by atoms with Crippen LogP contribution >= 0.6 is 0 Å². The van der Waals surface area contributed by atoms with Gasteiger partial charge in [0.15, 0.2) is 12.4 Å². The lowest BCUT2D eigenvalue weighted by atomic mass is 10.1. The van der Waals surface area contributed by atoms with Crippen LogP contribution in [0.15, 0.2) is 53.1 Å². The Labute approximate surface area is 168 Å². The first-order valence-corrected chi connectivity index (χ1v) is 9.61. The number of nitrogens with zero attached hydrogens (tertiary/aromatic N) is 3. The van der Waals surface area contributed by atoms with Crippen LogP contribution in [0.4, 0.5) is 4.39 Å². The Bertz CT molecular complexity index is 987. The number of halogens is 1. The lowest BCUT2D eigenvalue weighted by molar-refractivity contribution is -0.129. The summed E-state index contributed by atoms with van der Waals surface area (Å²) in [6.45, 7) is 3.38. The third-order valence-corrected chi connectivity index (χ3v) is 5.02. The summed E-state index contributed by atoms with van der Waals surface area (Å²) in [6, 6.07) is 13.9. The molecule has 0 saturated carbocycles. The van der Waals surface area contributed by atoms with Crippen LogP contribution in [-0.4, -0.2) is 34.0 Å². The fourth-order valence-corrected chi connectivity index (χ4v) is 3.40. The second-order valence-electron chi connectivity index (χ2n) is 7.28. The van der Waals surface area contributed by atoms with Gasteiger partial charge in [0.25, 0.3) is 5.89 Å². The fraction of sp³-hybridized carbons (Fsp3) is 0.318. The number of likely N-dealkylation sites (tertiary alicyclic amines) is 1. The van der Waals surface area contributed by atoms with Crippen molar-refractivity contribution in [2.24, 2.45) is 0 Å². The van der Waals surface area contributed by atoms with Crippen LogP contribution in [0, 0.1) is 12.7 Å². The summed E-state index contributed by atoms with van der Waals surface area (Å²) in [5.74, 6) is 1.42. The molecule has 0 spiro atoms. The van der Waals surface area contributed by atoms with Crippen molar-refractivity contribution in [3.05, 3.63) is 77.2 Å². The molecule has 2 heterocycles. The van der Waals surface area contributed by atoms with E-state index in [0.717, 1.165) is 17.7 Å². The first-order chi connectivity index (χ1) is 14.1. The molecule has 1 amide bonds. The third-order valence-electron chi connectivity index (χ3n) is 5.02. The molecule has 0 N–H and O–H groups in total. The molecule has 3 aromatic rings. The van der Waals surface area contributed by atoms with Crippen LogP contribution in [0.5, 0.6) is 5.75 Å². The topological polar surface area (TPSA) is 68.5 Å². The van der Waals surface area contributed by atoms with Gasteiger partial charge in [-0.05, 0) is 43.2 Å². The lowest BCUT2D eigenvalue weighted by Gasteiger charge is -2.15. The number of ether oxygens (including phenoxy) is 1. The highest BCUT2D eigenvalue weighted by molar-refractivity contribution is 5.79. The van der Waals surface area contributed by atoms with Crippen molar-refractivity contribution in [1.29, 1.82) is 0 Å². The van der Waals surface area contributed by atoms with Gasteiger partial charge in [0, 0.05) is 19.0 Å². The average Bonchev–Trinajstić information content (AvgIpc) is 3.37. The van der Waals surface area contributed by atoms with Gasteiger partial charge < -0.3 is 14.2 Å². The van der Waals surface area contributed by atoms with E-state index in [9.17, 15) is 9.18 Å². The zero-order valence-corrected chi connectivity index (χ0v) is 16.2. The second-order valence-corrected chi connectivity index (χ2v) is 7.28. The Hall–Kier alpha value is -3.22. The molecule has 0 aliphatic carbocycles. The molecular weight excluding hydrogens is 373 g/mol. The summed E-state index contributed by atoms with van der Waals surface area (Å²) in [6.07, 6.45) is 0.957. The van der Waals surface area contributed by atoms with Crippen molar-refractivity contribution >= 4 is 5.91 Å². The molecule has 1 unspecified atom stereocenters. The van der Waals surface area contributed by atoms with Crippen molar-refractivity contribution in [3.8, 4) is 5.75 Å². The molecule has 1 atom stereocenters. The number of aromatic nitrogens is 2. The maximum absolute atomic E-state index is 13.3. The normalized spacial score (nSPS) is 16.2. The largest absolute Gasteiger partial charge is 0.484 e. The molecular formula is C22H22FN3O3. The summed E-state index contributed by atoms with van der Waals surface area (Å²) in [7, 11) is 0. The fourth-order valence-electron chi connectivity index (χ4n) is 3.40. The van der Waals surface area contributed by atoms with E-state index in [1.54, 1.807) is 17.0 Å². The molecule has 1 fully saturated rings. The number of hydrogen-bond acceptors (Lipinski definition) is 5. The van der Waals surface area contributed by atoms with E-state index in [4.69, 9.17) is 9.26 Å². The van der Waals surface area contributed by atoms with Crippen molar-refractivity contribution < 1.29 is 18.4 Å². The van der Waals surface area contributed by atoms with Gasteiger partial charge in [0.1, 0.15) is 11.6 Å². The Kier molecular flexibility index (Phi) is 5.55. The molecule has 6 nitrogen and oxygen atoms in total. The minimum atomic E-state index is -0.332. The van der Waals surface area contributed by atoms with E-state index in [0.29, 0.717) is 30.4 Å². The van der Waals surface area contributed by atoms with Crippen molar-refractivity contribution in [2.45, 2.75) is 32.3 Å². The number of rotatable bonds is 6.